The van der Waals surface area contributed by atoms with Crippen LogP contribution < -0.4 is 5.32 Å². The van der Waals surface area contributed by atoms with Crippen molar-refractivity contribution >= 4 is 40.0 Å². The number of hydrogen-bond donors (Lipinski definition) is 1. The van der Waals surface area contributed by atoms with Gasteiger partial charge in [0.05, 0.1) is 3.58 Å². The van der Waals surface area contributed by atoms with Gasteiger partial charge in [-0.05, 0) is 47.4 Å². The molecule has 1 N–H and O–H groups in total. The topological polar surface area (TPSA) is 24.4 Å². The zero-order valence-corrected chi connectivity index (χ0v) is 12.0. The minimum Gasteiger partial charge on any atom is -0.331 e. The zero-order chi connectivity index (χ0) is 11.3. The molecule has 0 saturated carbocycles. The molecule has 15 heavy (non-hydrogen) atoms. The third-order valence-corrected chi connectivity index (χ3v) is 3.18. The number of halogens is 2. The molecule has 0 aliphatic carbocycles. The van der Waals surface area contributed by atoms with Gasteiger partial charge in [-0.1, -0.05) is 31.5 Å². The van der Waals surface area contributed by atoms with E-state index in [1.807, 2.05) is 6.08 Å². The van der Waals surface area contributed by atoms with Gasteiger partial charge in [-0.15, -0.1) is 0 Å². The molecule has 0 aromatic heterocycles. The number of allylic oxidation sites excluding steroid dienone is 2. The molecule has 1 atom stereocenters. The van der Waals surface area contributed by atoms with Gasteiger partial charge in [0.15, 0.2) is 0 Å². The molecule has 84 valence electrons. The van der Waals surface area contributed by atoms with Gasteiger partial charge in [0.2, 0.25) is 0 Å². The average molecular weight is 339 g/mol. The van der Waals surface area contributed by atoms with E-state index in [9.17, 15) is 0 Å². The Morgan fingerprint density at radius 2 is 2.40 bits per heavy atom. The maximum atomic E-state index is 6.04. The quantitative estimate of drug-likeness (QED) is 0.601. The maximum absolute atomic E-state index is 6.04. The van der Waals surface area contributed by atoms with E-state index >= 15 is 0 Å². The summed E-state index contributed by atoms with van der Waals surface area (Å²) in [6, 6.07) is 0. The summed E-state index contributed by atoms with van der Waals surface area (Å²) >= 11 is 8.34. The molecule has 0 saturated heterocycles. The van der Waals surface area contributed by atoms with Crippen LogP contribution in [-0.4, -0.2) is 12.4 Å². The maximum Gasteiger partial charge on any atom is 0.139 e. The molecule has 2 nitrogen and oxygen atoms in total. The number of amidine groups is 1. The van der Waals surface area contributed by atoms with Gasteiger partial charge in [0.25, 0.3) is 0 Å². The number of hydrogen-bond acceptors (Lipinski definition) is 1. The lowest BCUT2D eigenvalue weighted by molar-refractivity contribution is 0.737. The molecule has 1 heterocycles. The molecule has 1 aliphatic heterocycles. The molecule has 0 bridgehead atoms. The van der Waals surface area contributed by atoms with Gasteiger partial charge in [-0.25, -0.2) is 0 Å². The molecule has 0 spiro atoms. The van der Waals surface area contributed by atoms with Crippen LogP contribution in [0.5, 0.6) is 0 Å². The summed E-state index contributed by atoms with van der Waals surface area (Å²) in [5.41, 5.74) is 0. The van der Waals surface area contributed by atoms with Crippen molar-refractivity contribution in [3.63, 3.8) is 0 Å². The van der Waals surface area contributed by atoms with Gasteiger partial charge >= 0.3 is 0 Å². The summed E-state index contributed by atoms with van der Waals surface area (Å²) in [5.74, 6) is 1.41. The van der Waals surface area contributed by atoms with Crippen molar-refractivity contribution in [2.24, 2.45) is 10.9 Å². The smallest absolute Gasteiger partial charge is 0.139 e. The largest absolute Gasteiger partial charge is 0.331 e. The molecule has 0 amide bonds. The van der Waals surface area contributed by atoms with Crippen molar-refractivity contribution < 1.29 is 0 Å². The van der Waals surface area contributed by atoms with Crippen LogP contribution in [0.1, 0.15) is 26.7 Å². The van der Waals surface area contributed by atoms with Crippen molar-refractivity contribution in [1.29, 1.82) is 0 Å². The van der Waals surface area contributed by atoms with Crippen LogP contribution in [-0.2, 0) is 0 Å². The number of nitrogens with zero attached hydrogens (tertiary/aromatic N) is 1. The highest BCUT2D eigenvalue weighted by Crippen LogP contribution is 2.19. The monoisotopic (exact) mass is 338 g/mol. The van der Waals surface area contributed by atoms with Crippen molar-refractivity contribution in [3.8, 4) is 0 Å². The van der Waals surface area contributed by atoms with Crippen molar-refractivity contribution in [2.75, 3.05) is 6.54 Å². The molecule has 0 aromatic rings. The molecule has 0 fully saturated rings. The first-order valence-corrected chi connectivity index (χ1v) is 6.64. The van der Waals surface area contributed by atoms with E-state index in [0.717, 1.165) is 28.8 Å². The van der Waals surface area contributed by atoms with E-state index in [0.29, 0.717) is 11.1 Å². The summed E-state index contributed by atoms with van der Waals surface area (Å²) < 4.78 is 1.15. The van der Waals surface area contributed by atoms with E-state index in [1.165, 1.54) is 0 Å². The van der Waals surface area contributed by atoms with Crippen LogP contribution >= 0.6 is 34.2 Å². The van der Waals surface area contributed by atoms with E-state index in [1.54, 1.807) is 0 Å². The fourth-order valence-electron chi connectivity index (χ4n) is 1.25. The summed E-state index contributed by atoms with van der Waals surface area (Å²) in [6.07, 6.45) is 6.25. The first-order chi connectivity index (χ1) is 7.13. The second-order valence-electron chi connectivity index (χ2n) is 3.63. The minimum absolute atomic E-state index is 0.513. The fourth-order valence-corrected chi connectivity index (χ4v) is 2.35. The normalized spacial score (nSPS) is 28.5. The third kappa shape index (κ3) is 4.55. The van der Waals surface area contributed by atoms with E-state index in [-0.39, 0.29) is 0 Å². The summed E-state index contributed by atoms with van der Waals surface area (Å²) in [4.78, 5) is 4.47. The Bertz CT molecular complexity index is 308. The Morgan fingerprint density at radius 1 is 1.67 bits per heavy atom. The van der Waals surface area contributed by atoms with Gasteiger partial charge in [-0.2, -0.15) is 0 Å². The summed E-state index contributed by atoms with van der Waals surface area (Å²) in [6.45, 7) is 5.13. The lowest BCUT2D eigenvalue weighted by Crippen LogP contribution is -2.23. The molecule has 1 unspecified atom stereocenters. The highest BCUT2D eigenvalue weighted by Gasteiger charge is 2.10. The lowest BCUT2D eigenvalue weighted by Gasteiger charge is -2.14. The van der Waals surface area contributed by atoms with Crippen molar-refractivity contribution in [2.45, 2.75) is 26.7 Å². The van der Waals surface area contributed by atoms with Crippen LogP contribution in [0.15, 0.2) is 25.9 Å². The highest BCUT2D eigenvalue weighted by atomic mass is 127. The van der Waals surface area contributed by atoms with Crippen LogP contribution in [0.3, 0.4) is 0 Å². The molecule has 4 heteroatoms. The standard InChI is InChI=1S/C11H16ClIN2/c1-3-6-14-11-9(13)7-8(2)4-5-10(12)15-11/h5,7-8H,3-4,6H2,1-2H3,(H,14,15)/b9-7?,10-5+. The second-order valence-corrected chi connectivity index (χ2v) is 5.20. The number of nitrogens with one attached hydrogen (secondary N) is 1. The fraction of sp³-hybridized carbons (Fsp3) is 0.545. The number of rotatable bonds is 2. The van der Waals surface area contributed by atoms with Crippen molar-refractivity contribution in [3.05, 3.63) is 20.9 Å². The zero-order valence-electron chi connectivity index (χ0n) is 9.06. The summed E-state index contributed by atoms with van der Waals surface area (Å²) in [5, 5.41) is 3.80. The molecule has 0 radical (unpaired) electrons. The Balaban J connectivity index is 2.86. The average Bonchev–Trinajstić information content (AvgIpc) is 2.19. The molecule has 0 aromatic carbocycles. The second kappa shape index (κ2) is 6.53. The van der Waals surface area contributed by atoms with Gasteiger partial charge in [0, 0.05) is 6.54 Å². The van der Waals surface area contributed by atoms with Crippen LogP contribution in [0, 0.1) is 5.92 Å². The lowest BCUT2D eigenvalue weighted by atomic mass is 10.1. The first-order valence-electron chi connectivity index (χ1n) is 5.18. The molecule has 1 rings (SSSR count). The van der Waals surface area contributed by atoms with E-state index < -0.39 is 0 Å². The highest BCUT2D eigenvalue weighted by molar-refractivity contribution is 14.1. The Kier molecular flexibility index (Phi) is 5.68. The Labute approximate surface area is 110 Å². The Hall–Kier alpha value is -0.0300. The SMILES string of the molecule is CCCN=C1N/C(Cl)=C/CC(C)C=C1I. The van der Waals surface area contributed by atoms with Crippen LogP contribution in [0.25, 0.3) is 0 Å². The molecule has 1 aliphatic rings. The predicted molar refractivity (Wildman–Crippen MR) is 75.5 cm³/mol. The predicted octanol–water partition coefficient (Wildman–Crippen LogP) is 3.82. The van der Waals surface area contributed by atoms with Crippen molar-refractivity contribution in [1.82, 2.24) is 5.32 Å². The number of aliphatic imine (C=N–C) groups is 1. The molecular formula is C11H16ClIN2. The van der Waals surface area contributed by atoms with E-state index in [2.05, 4.69) is 52.8 Å². The summed E-state index contributed by atoms with van der Waals surface area (Å²) in [7, 11) is 0. The van der Waals surface area contributed by atoms with Gasteiger partial charge in [0.1, 0.15) is 11.0 Å². The first kappa shape index (κ1) is 13.0. The van der Waals surface area contributed by atoms with Crippen LogP contribution in [0.2, 0.25) is 0 Å². The van der Waals surface area contributed by atoms with Gasteiger partial charge < -0.3 is 5.32 Å². The third-order valence-electron chi connectivity index (χ3n) is 2.06. The Morgan fingerprint density at radius 3 is 3.07 bits per heavy atom. The van der Waals surface area contributed by atoms with E-state index in [4.69, 9.17) is 11.6 Å². The molecular weight excluding hydrogens is 322 g/mol. The van der Waals surface area contributed by atoms with Crippen LogP contribution in [0.4, 0.5) is 0 Å². The minimum atomic E-state index is 0.513. The van der Waals surface area contributed by atoms with Gasteiger partial charge in [-0.3, -0.25) is 4.99 Å².